The lowest BCUT2D eigenvalue weighted by Gasteiger charge is -2.25. The van der Waals surface area contributed by atoms with Crippen LogP contribution in [-0.2, 0) is 6.61 Å². The van der Waals surface area contributed by atoms with E-state index in [2.05, 4.69) is 0 Å². The summed E-state index contributed by atoms with van der Waals surface area (Å²) in [4.78, 5) is 25.9. The van der Waals surface area contributed by atoms with Crippen molar-refractivity contribution in [2.75, 3.05) is 7.05 Å². The van der Waals surface area contributed by atoms with E-state index in [0.717, 1.165) is 17.7 Å². The highest BCUT2D eigenvalue weighted by atomic mass is 19.2. The summed E-state index contributed by atoms with van der Waals surface area (Å²) in [5, 5.41) is 0. The molecule has 0 fully saturated rings. The van der Waals surface area contributed by atoms with E-state index < -0.39 is 23.6 Å². The van der Waals surface area contributed by atoms with Crippen molar-refractivity contribution in [2.24, 2.45) is 5.73 Å². The summed E-state index contributed by atoms with van der Waals surface area (Å²) < 4.78 is 32.5. The van der Waals surface area contributed by atoms with E-state index in [9.17, 15) is 18.4 Å². The number of primary amides is 1. The molecule has 0 aliphatic rings. The van der Waals surface area contributed by atoms with Gasteiger partial charge in [-0.2, -0.15) is 0 Å². The summed E-state index contributed by atoms with van der Waals surface area (Å²) in [6, 6.07) is 16.6. The number of hydrogen-bond acceptors (Lipinski definition) is 3. The van der Waals surface area contributed by atoms with E-state index in [4.69, 9.17) is 10.5 Å². The van der Waals surface area contributed by atoms with Crippen molar-refractivity contribution < 1.29 is 23.1 Å². The number of para-hydroxylation sites is 1. The first-order valence-electron chi connectivity index (χ1n) is 9.60. The van der Waals surface area contributed by atoms with Crippen molar-refractivity contribution in [1.82, 2.24) is 4.90 Å². The van der Waals surface area contributed by atoms with Crippen LogP contribution in [0.3, 0.4) is 0 Å². The lowest BCUT2D eigenvalue weighted by atomic mass is 10.0. The molecule has 31 heavy (non-hydrogen) atoms. The molecule has 0 saturated heterocycles. The Balaban J connectivity index is 1.74. The highest BCUT2D eigenvalue weighted by Crippen LogP contribution is 2.23. The minimum atomic E-state index is -0.958. The van der Waals surface area contributed by atoms with Crippen LogP contribution in [0.15, 0.2) is 66.7 Å². The molecule has 0 aromatic heterocycles. The zero-order valence-electron chi connectivity index (χ0n) is 17.1. The summed E-state index contributed by atoms with van der Waals surface area (Å²) in [7, 11) is 1.60. The van der Waals surface area contributed by atoms with E-state index in [0.29, 0.717) is 16.9 Å². The maximum atomic E-state index is 13.6. The minimum absolute atomic E-state index is 0.133. The van der Waals surface area contributed by atoms with Gasteiger partial charge in [0.1, 0.15) is 12.4 Å². The van der Waals surface area contributed by atoms with Gasteiger partial charge < -0.3 is 15.4 Å². The Morgan fingerprint density at radius 2 is 1.74 bits per heavy atom. The summed E-state index contributed by atoms with van der Waals surface area (Å²) in [6.45, 7) is 1.87. The topological polar surface area (TPSA) is 72.6 Å². The minimum Gasteiger partial charge on any atom is -0.488 e. The Kier molecular flexibility index (Phi) is 6.65. The fourth-order valence-electron chi connectivity index (χ4n) is 3.13. The normalized spacial score (nSPS) is 11.6. The van der Waals surface area contributed by atoms with Crippen LogP contribution >= 0.6 is 0 Å². The van der Waals surface area contributed by atoms with Gasteiger partial charge in [0, 0.05) is 12.6 Å². The molecule has 0 saturated carbocycles. The third kappa shape index (κ3) is 5.06. The predicted molar refractivity (Wildman–Crippen MR) is 113 cm³/mol. The van der Waals surface area contributed by atoms with Gasteiger partial charge in [-0.3, -0.25) is 9.59 Å². The number of nitrogens with zero attached hydrogens (tertiary/aromatic N) is 1. The molecule has 2 N–H and O–H groups in total. The molecule has 0 spiro atoms. The third-order valence-electron chi connectivity index (χ3n) is 5.05. The van der Waals surface area contributed by atoms with Gasteiger partial charge >= 0.3 is 0 Å². The van der Waals surface area contributed by atoms with E-state index in [1.807, 2.05) is 0 Å². The molecule has 0 aliphatic carbocycles. The second kappa shape index (κ2) is 9.38. The van der Waals surface area contributed by atoms with Gasteiger partial charge in [0.2, 0.25) is 0 Å². The van der Waals surface area contributed by atoms with Gasteiger partial charge in [-0.05, 0) is 54.4 Å². The Labute approximate surface area is 179 Å². The Bertz CT molecular complexity index is 1120. The highest BCUT2D eigenvalue weighted by molar-refractivity contribution is 5.95. The molecule has 1 unspecified atom stereocenters. The zero-order valence-corrected chi connectivity index (χ0v) is 17.1. The number of nitrogens with two attached hydrogens (primary N) is 1. The van der Waals surface area contributed by atoms with Gasteiger partial charge in [0.25, 0.3) is 11.8 Å². The van der Waals surface area contributed by atoms with E-state index in [-0.39, 0.29) is 18.1 Å². The molecular formula is C24H22F2N2O3. The summed E-state index contributed by atoms with van der Waals surface area (Å²) in [5.41, 5.74) is 7.26. The van der Waals surface area contributed by atoms with Gasteiger partial charge in [0.05, 0.1) is 11.6 Å². The number of rotatable bonds is 7. The number of carbonyl (C=O) groups is 2. The van der Waals surface area contributed by atoms with Crippen molar-refractivity contribution in [3.63, 3.8) is 0 Å². The zero-order chi connectivity index (χ0) is 22.5. The molecule has 0 radical (unpaired) electrons. The lowest BCUT2D eigenvalue weighted by Crippen LogP contribution is -2.29. The third-order valence-corrected chi connectivity index (χ3v) is 5.05. The first-order chi connectivity index (χ1) is 14.8. The molecule has 1 atom stereocenters. The maximum absolute atomic E-state index is 13.6. The number of ether oxygens (including phenoxy) is 1. The molecule has 160 valence electrons. The van der Waals surface area contributed by atoms with Crippen molar-refractivity contribution in [1.29, 1.82) is 0 Å². The van der Waals surface area contributed by atoms with Crippen LogP contribution in [0.5, 0.6) is 5.75 Å². The van der Waals surface area contributed by atoms with Crippen LogP contribution in [0, 0.1) is 11.6 Å². The van der Waals surface area contributed by atoms with E-state index in [1.165, 1.54) is 11.0 Å². The molecule has 0 heterocycles. The van der Waals surface area contributed by atoms with Crippen molar-refractivity contribution in [2.45, 2.75) is 19.6 Å². The first-order valence-corrected chi connectivity index (χ1v) is 9.60. The summed E-state index contributed by atoms with van der Waals surface area (Å²) >= 11 is 0. The van der Waals surface area contributed by atoms with Gasteiger partial charge in [-0.25, -0.2) is 8.78 Å². The fraction of sp³-hybridized carbons (Fsp3) is 0.167. The smallest absolute Gasteiger partial charge is 0.254 e. The molecule has 2 amide bonds. The second-order valence-electron chi connectivity index (χ2n) is 7.12. The maximum Gasteiger partial charge on any atom is 0.254 e. The quantitative estimate of drug-likeness (QED) is 0.608. The Morgan fingerprint density at radius 1 is 1.00 bits per heavy atom. The number of halogens is 2. The molecule has 0 bridgehead atoms. The van der Waals surface area contributed by atoms with Crippen molar-refractivity contribution in [3.8, 4) is 5.75 Å². The van der Waals surface area contributed by atoms with Gasteiger partial charge in [-0.1, -0.05) is 30.3 Å². The Morgan fingerprint density at radius 3 is 2.45 bits per heavy atom. The highest BCUT2D eigenvalue weighted by Gasteiger charge is 2.20. The summed E-state index contributed by atoms with van der Waals surface area (Å²) in [6.07, 6.45) is 0. The largest absolute Gasteiger partial charge is 0.488 e. The van der Waals surface area contributed by atoms with Gasteiger partial charge in [-0.15, -0.1) is 0 Å². The SMILES string of the molecule is CC(c1ccc(F)c(F)c1)N(C)C(=O)c1cccc(COc2ccccc2C(N)=O)c1. The van der Waals surface area contributed by atoms with Gasteiger partial charge in [0.15, 0.2) is 11.6 Å². The lowest BCUT2D eigenvalue weighted by molar-refractivity contribution is 0.0742. The molecule has 0 aliphatic heterocycles. The van der Waals surface area contributed by atoms with Crippen molar-refractivity contribution in [3.05, 3.63) is 101 Å². The van der Waals surface area contributed by atoms with Crippen LogP contribution < -0.4 is 10.5 Å². The average molecular weight is 424 g/mol. The predicted octanol–water partition coefficient (Wildman–Crippen LogP) is 4.48. The second-order valence-corrected chi connectivity index (χ2v) is 7.12. The Hall–Kier alpha value is -3.74. The van der Waals surface area contributed by atoms with Crippen LogP contribution in [0.4, 0.5) is 8.78 Å². The number of hydrogen-bond donors (Lipinski definition) is 1. The van der Waals surface area contributed by atoms with E-state index >= 15 is 0 Å². The van der Waals surface area contributed by atoms with E-state index in [1.54, 1.807) is 62.5 Å². The number of benzene rings is 3. The monoisotopic (exact) mass is 424 g/mol. The van der Waals surface area contributed by atoms with Crippen LogP contribution in [-0.4, -0.2) is 23.8 Å². The van der Waals surface area contributed by atoms with Crippen molar-refractivity contribution >= 4 is 11.8 Å². The molecule has 7 heteroatoms. The number of carbonyl (C=O) groups excluding carboxylic acids is 2. The summed E-state index contributed by atoms with van der Waals surface area (Å²) in [5.74, 6) is -2.41. The van der Waals surface area contributed by atoms with Crippen LogP contribution in [0.2, 0.25) is 0 Å². The fourth-order valence-corrected chi connectivity index (χ4v) is 3.13. The molecule has 5 nitrogen and oxygen atoms in total. The van der Waals surface area contributed by atoms with Crippen LogP contribution in [0.25, 0.3) is 0 Å². The molecule has 3 rings (SSSR count). The molecular weight excluding hydrogens is 402 g/mol. The number of amides is 2. The standard InChI is InChI=1S/C24H22F2N2O3/c1-15(17-10-11-20(25)21(26)13-17)28(2)24(30)18-7-5-6-16(12-18)14-31-22-9-4-3-8-19(22)23(27)29/h3-13,15H,14H2,1-2H3,(H2,27,29). The van der Waals surface area contributed by atoms with Crippen LogP contribution in [0.1, 0.15) is 44.8 Å². The first kappa shape index (κ1) is 22.0. The molecule has 3 aromatic carbocycles. The molecule has 3 aromatic rings. The average Bonchev–Trinajstić information content (AvgIpc) is 2.78.